The topological polar surface area (TPSA) is 125 Å². The number of nitrogens with two attached hydrogens (primary N) is 1. The van der Waals surface area contributed by atoms with Gasteiger partial charge in [-0.25, -0.2) is 0 Å². The Bertz CT molecular complexity index is 402. The van der Waals surface area contributed by atoms with E-state index in [2.05, 4.69) is 10.6 Å². The Kier molecular flexibility index (Phi) is 5.79. The molecule has 0 aliphatic carbocycles. The third kappa shape index (κ3) is 4.95. The highest BCUT2D eigenvalue weighted by Crippen LogP contribution is 2.08. The van der Waals surface area contributed by atoms with Gasteiger partial charge in [-0.05, 0) is 25.7 Å². The number of hydrogen-bond acceptors (Lipinski definition) is 4. The zero-order valence-electron chi connectivity index (χ0n) is 10.6. The van der Waals surface area contributed by atoms with Crippen molar-refractivity contribution in [3.05, 3.63) is 0 Å². The highest BCUT2D eigenvalue weighted by Gasteiger charge is 2.29. The van der Waals surface area contributed by atoms with E-state index >= 15 is 0 Å². The summed E-state index contributed by atoms with van der Waals surface area (Å²) in [6, 6.07) is 0.688. The maximum absolute atomic E-state index is 11.8. The first-order valence-corrected chi connectivity index (χ1v) is 6.30. The second-order valence-corrected chi connectivity index (χ2v) is 4.53. The molecule has 0 aromatic heterocycles. The molecule has 0 bridgehead atoms. The molecule has 0 saturated carbocycles. The number of nitriles is 1. The van der Waals surface area contributed by atoms with Crippen molar-refractivity contribution in [3.8, 4) is 6.07 Å². The maximum Gasteiger partial charge on any atom is 0.243 e. The van der Waals surface area contributed by atoms with Gasteiger partial charge < -0.3 is 16.4 Å². The molecule has 1 aliphatic rings. The molecule has 19 heavy (non-hydrogen) atoms. The van der Waals surface area contributed by atoms with Crippen LogP contribution < -0.4 is 16.4 Å². The van der Waals surface area contributed by atoms with Crippen molar-refractivity contribution in [1.29, 1.82) is 5.26 Å². The van der Waals surface area contributed by atoms with Crippen molar-refractivity contribution in [2.75, 3.05) is 0 Å². The first-order valence-electron chi connectivity index (χ1n) is 6.30. The first-order chi connectivity index (χ1) is 9.04. The van der Waals surface area contributed by atoms with E-state index in [4.69, 9.17) is 11.0 Å². The molecule has 0 unspecified atom stereocenters. The van der Waals surface area contributed by atoms with Crippen LogP contribution in [0.3, 0.4) is 0 Å². The zero-order chi connectivity index (χ0) is 14.3. The van der Waals surface area contributed by atoms with Crippen LogP contribution >= 0.6 is 0 Å². The number of nitrogens with one attached hydrogen (secondary N) is 2. The van der Waals surface area contributed by atoms with E-state index in [-0.39, 0.29) is 11.8 Å². The Morgan fingerprint density at radius 3 is 2.79 bits per heavy atom. The van der Waals surface area contributed by atoms with Crippen molar-refractivity contribution in [2.24, 2.45) is 5.73 Å². The van der Waals surface area contributed by atoms with Crippen molar-refractivity contribution in [2.45, 2.75) is 50.6 Å². The van der Waals surface area contributed by atoms with E-state index < -0.39 is 18.0 Å². The van der Waals surface area contributed by atoms with Gasteiger partial charge in [-0.3, -0.25) is 14.4 Å². The first kappa shape index (κ1) is 15.0. The number of amides is 3. The van der Waals surface area contributed by atoms with Crippen LogP contribution in [-0.4, -0.2) is 29.8 Å². The van der Waals surface area contributed by atoms with Gasteiger partial charge in [0.15, 0.2) is 0 Å². The molecule has 104 valence electrons. The van der Waals surface area contributed by atoms with E-state index in [1.54, 1.807) is 0 Å². The van der Waals surface area contributed by atoms with E-state index in [1.165, 1.54) is 0 Å². The van der Waals surface area contributed by atoms with Gasteiger partial charge >= 0.3 is 0 Å². The molecule has 0 radical (unpaired) electrons. The second kappa shape index (κ2) is 7.36. The molecule has 1 rings (SSSR count). The molecular formula is C12H18N4O3. The lowest BCUT2D eigenvalue weighted by atomic mass is 10.1. The monoisotopic (exact) mass is 266 g/mol. The van der Waals surface area contributed by atoms with Crippen molar-refractivity contribution in [3.63, 3.8) is 0 Å². The summed E-state index contributed by atoms with van der Waals surface area (Å²) in [5.41, 5.74) is 5.22. The maximum atomic E-state index is 11.8. The van der Waals surface area contributed by atoms with E-state index in [0.717, 1.165) is 0 Å². The van der Waals surface area contributed by atoms with Crippen molar-refractivity contribution < 1.29 is 14.4 Å². The largest absolute Gasteiger partial charge is 0.368 e. The lowest BCUT2D eigenvalue weighted by Gasteiger charge is -2.17. The predicted octanol–water partition coefficient (Wildman–Crippen LogP) is -0.681. The molecule has 2 atom stereocenters. The highest BCUT2D eigenvalue weighted by atomic mass is 16.2. The third-order valence-electron chi connectivity index (χ3n) is 3.00. The summed E-state index contributed by atoms with van der Waals surface area (Å²) in [6.45, 7) is 0. The smallest absolute Gasteiger partial charge is 0.243 e. The molecule has 0 spiro atoms. The van der Waals surface area contributed by atoms with Crippen LogP contribution in [0.1, 0.15) is 38.5 Å². The average molecular weight is 266 g/mol. The molecule has 7 heteroatoms. The number of unbranched alkanes of at least 4 members (excludes halogenated alkanes) is 2. The van der Waals surface area contributed by atoms with Gasteiger partial charge in [-0.1, -0.05) is 0 Å². The number of nitrogens with zero attached hydrogens (tertiary/aromatic N) is 1. The minimum absolute atomic E-state index is 0.162. The fourth-order valence-electron chi connectivity index (χ4n) is 1.92. The predicted molar refractivity (Wildman–Crippen MR) is 66.4 cm³/mol. The molecule has 0 aromatic rings. The van der Waals surface area contributed by atoms with Gasteiger partial charge in [0.2, 0.25) is 17.7 Å². The molecular weight excluding hydrogens is 248 g/mol. The Balaban J connectivity index is 2.40. The Morgan fingerprint density at radius 2 is 2.26 bits per heavy atom. The zero-order valence-corrected chi connectivity index (χ0v) is 10.6. The summed E-state index contributed by atoms with van der Waals surface area (Å²) >= 11 is 0. The lowest BCUT2D eigenvalue weighted by Crippen LogP contribution is -2.50. The molecule has 7 nitrogen and oxygen atoms in total. The van der Waals surface area contributed by atoms with Crippen LogP contribution in [0.15, 0.2) is 0 Å². The number of rotatable bonds is 7. The number of carbonyl (C=O) groups is 3. The molecule has 4 N–H and O–H groups in total. The van der Waals surface area contributed by atoms with Crippen molar-refractivity contribution in [1.82, 2.24) is 10.6 Å². The standard InChI is InChI=1S/C12H18N4O3/c13-7-3-1-2-4-8(11(14)18)16-12(19)9-5-6-10(17)15-9/h8-9H,1-6H2,(H2,14,18)(H,15,17)(H,16,19)/t8-,9-/m0/s1. The second-order valence-electron chi connectivity index (χ2n) is 4.53. The van der Waals surface area contributed by atoms with Crippen LogP contribution in [-0.2, 0) is 14.4 Å². The Morgan fingerprint density at radius 1 is 1.53 bits per heavy atom. The number of hydrogen-bond donors (Lipinski definition) is 3. The summed E-state index contributed by atoms with van der Waals surface area (Å²) in [7, 11) is 0. The SMILES string of the molecule is N#CCCCC[C@H](NC(=O)[C@@H]1CCC(=O)N1)C(N)=O. The average Bonchev–Trinajstić information content (AvgIpc) is 2.79. The fourth-order valence-corrected chi connectivity index (χ4v) is 1.92. The summed E-state index contributed by atoms with van der Waals surface area (Å²) < 4.78 is 0. The number of primary amides is 1. The molecule has 0 aromatic carbocycles. The molecule has 1 heterocycles. The third-order valence-corrected chi connectivity index (χ3v) is 3.00. The Hall–Kier alpha value is -2.10. The van der Waals surface area contributed by atoms with E-state index in [1.807, 2.05) is 6.07 Å². The van der Waals surface area contributed by atoms with Crippen molar-refractivity contribution >= 4 is 17.7 Å². The Labute approximate surface area is 111 Å². The van der Waals surface area contributed by atoms with Crippen LogP contribution in [0.2, 0.25) is 0 Å². The summed E-state index contributed by atoms with van der Waals surface area (Å²) in [5.74, 6) is -1.14. The van der Waals surface area contributed by atoms with Gasteiger partial charge in [0.1, 0.15) is 12.1 Å². The molecule has 3 amide bonds. The van der Waals surface area contributed by atoms with Gasteiger partial charge in [0, 0.05) is 12.8 Å². The lowest BCUT2D eigenvalue weighted by molar-refractivity contribution is -0.129. The minimum Gasteiger partial charge on any atom is -0.368 e. The minimum atomic E-state index is -0.747. The number of carbonyl (C=O) groups excluding carboxylic acids is 3. The van der Waals surface area contributed by atoms with Crippen LogP contribution in [0.5, 0.6) is 0 Å². The molecule has 1 saturated heterocycles. The summed E-state index contributed by atoms with van der Waals surface area (Å²) in [4.78, 5) is 34.0. The van der Waals surface area contributed by atoms with E-state index in [0.29, 0.717) is 38.5 Å². The van der Waals surface area contributed by atoms with Gasteiger partial charge in [0.25, 0.3) is 0 Å². The van der Waals surface area contributed by atoms with Gasteiger partial charge in [-0.2, -0.15) is 5.26 Å². The normalized spacial score (nSPS) is 19.3. The van der Waals surface area contributed by atoms with Crippen LogP contribution in [0.25, 0.3) is 0 Å². The van der Waals surface area contributed by atoms with Crippen LogP contribution in [0, 0.1) is 11.3 Å². The molecule has 1 aliphatic heterocycles. The van der Waals surface area contributed by atoms with E-state index in [9.17, 15) is 14.4 Å². The van der Waals surface area contributed by atoms with Crippen LogP contribution in [0.4, 0.5) is 0 Å². The summed E-state index contributed by atoms with van der Waals surface area (Å²) in [5, 5.41) is 13.5. The quantitative estimate of drug-likeness (QED) is 0.528. The van der Waals surface area contributed by atoms with Gasteiger partial charge in [-0.15, -0.1) is 0 Å². The fraction of sp³-hybridized carbons (Fsp3) is 0.667. The van der Waals surface area contributed by atoms with Gasteiger partial charge in [0.05, 0.1) is 6.07 Å². The summed E-state index contributed by atoms with van der Waals surface area (Å²) in [6.07, 6.45) is 2.88. The molecule has 1 fully saturated rings. The highest BCUT2D eigenvalue weighted by molar-refractivity contribution is 5.93.